The van der Waals surface area contributed by atoms with Crippen LogP contribution in [0, 0.1) is 0 Å². The second kappa shape index (κ2) is 6.96. The maximum Gasteiger partial charge on any atom is 0.251 e. The average molecular weight is 328 g/mol. The zero-order valence-corrected chi connectivity index (χ0v) is 13.9. The van der Waals surface area contributed by atoms with Crippen LogP contribution in [0.2, 0.25) is 0 Å². The number of carbonyl (C=O) groups is 2. The maximum atomic E-state index is 12.5. The van der Waals surface area contributed by atoms with E-state index >= 15 is 0 Å². The SMILES string of the molecule is CCC1c2ccsc2CCN1C(=O)CNC(=O)c1ccccc1. The number of amides is 2. The van der Waals surface area contributed by atoms with Gasteiger partial charge >= 0.3 is 0 Å². The Bertz CT molecular complexity index is 696. The molecule has 120 valence electrons. The molecule has 2 aromatic rings. The Kier molecular flexibility index (Phi) is 4.76. The molecule has 0 aliphatic carbocycles. The van der Waals surface area contributed by atoms with Gasteiger partial charge in [0.15, 0.2) is 0 Å². The van der Waals surface area contributed by atoms with Gasteiger partial charge in [-0.3, -0.25) is 9.59 Å². The summed E-state index contributed by atoms with van der Waals surface area (Å²) in [6.45, 7) is 2.87. The highest BCUT2D eigenvalue weighted by Gasteiger charge is 2.30. The summed E-state index contributed by atoms with van der Waals surface area (Å²) in [7, 11) is 0. The Labute approximate surface area is 140 Å². The fraction of sp³-hybridized carbons (Fsp3) is 0.333. The number of thiophene rings is 1. The first kappa shape index (κ1) is 15.7. The largest absolute Gasteiger partial charge is 0.343 e. The summed E-state index contributed by atoms with van der Waals surface area (Å²) < 4.78 is 0. The number of hydrogen-bond acceptors (Lipinski definition) is 3. The summed E-state index contributed by atoms with van der Waals surface area (Å²) in [6.07, 6.45) is 1.80. The van der Waals surface area contributed by atoms with Crippen molar-refractivity contribution in [1.29, 1.82) is 0 Å². The third kappa shape index (κ3) is 3.29. The first-order valence-corrected chi connectivity index (χ1v) is 8.77. The zero-order valence-electron chi connectivity index (χ0n) is 13.1. The van der Waals surface area contributed by atoms with Crippen molar-refractivity contribution in [3.05, 3.63) is 57.8 Å². The van der Waals surface area contributed by atoms with Crippen LogP contribution in [0.15, 0.2) is 41.8 Å². The molecule has 0 bridgehead atoms. The lowest BCUT2D eigenvalue weighted by Crippen LogP contribution is -2.44. The van der Waals surface area contributed by atoms with Crippen molar-refractivity contribution >= 4 is 23.2 Å². The molecule has 0 radical (unpaired) electrons. The van der Waals surface area contributed by atoms with Gasteiger partial charge in [0.25, 0.3) is 5.91 Å². The minimum Gasteiger partial charge on any atom is -0.343 e. The molecule has 0 fully saturated rings. The normalized spacial score (nSPS) is 16.7. The molecule has 1 aromatic carbocycles. The summed E-state index contributed by atoms with van der Waals surface area (Å²) in [5, 5.41) is 4.83. The molecule has 2 amide bonds. The van der Waals surface area contributed by atoms with Gasteiger partial charge in [-0.2, -0.15) is 0 Å². The molecule has 1 N–H and O–H groups in total. The van der Waals surface area contributed by atoms with Gasteiger partial charge in [-0.1, -0.05) is 25.1 Å². The molecular formula is C18H20N2O2S. The molecular weight excluding hydrogens is 308 g/mol. The fourth-order valence-electron chi connectivity index (χ4n) is 3.08. The van der Waals surface area contributed by atoms with Crippen molar-refractivity contribution < 1.29 is 9.59 Å². The topological polar surface area (TPSA) is 49.4 Å². The highest BCUT2D eigenvalue weighted by atomic mass is 32.1. The van der Waals surface area contributed by atoms with Crippen LogP contribution < -0.4 is 5.32 Å². The minimum atomic E-state index is -0.208. The van der Waals surface area contributed by atoms with E-state index in [1.54, 1.807) is 23.5 Å². The number of fused-ring (bicyclic) bond motifs is 1. The van der Waals surface area contributed by atoms with E-state index in [4.69, 9.17) is 0 Å². The molecule has 4 nitrogen and oxygen atoms in total. The molecule has 1 aliphatic rings. The van der Waals surface area contributed by atoms with E-state index in [0.717, 1.165) is 19.4 Å². The van der Waals surface area contributed by atoms with Crippen LogP contribution in [-0.4, -0.2) is 29.8 Å². The molecule has 23 heavy (non-hydrogen) atoms. The number of hydrogen-bond donors (Lipinski definition) is 1. The predicted molar refractivity (Wildman–Crippen MR) is 91.5 cm³/mol. The number of nitrogens with zero attached hydrogens (tertiary/aromatic N) is 1. The molecule has 0 saturated heterocycles. The number of nitrogens with one attached hydrogen (secondary N) is 1. The Morgan fingerprint density at radius 2 is 2.04 bits per heavy atom. The van der Waals surface area contributed by atoms with Crippen LogP contribution in [-0.2, 0) is 11.2 Å². The summed E-state index contributed by atoms with van der Waals surface area (Å²) in [5.74, 6) is -0.224. The van der Waals surface area contributed by atoms with Gasteiger partial charge in [0.1, 0.15) is 0 Å². The fourth-order valence-corrected chi connectivity index (χ4v) is 4.01. The van der Waals surface area contributed by atoms with Crippen LogP contribution in [0.1, 0.15) is 40.2 Å². The molecule has 5 heteroatoms. The quantitative estimate of drug-likeness (QED) is 0.938. The maximum absolute atomic E-state index is 12.5. The van der Waals surface area contributed by atoms with Gasteiger partial charge < -0.3 is 10.2 Å². The number of rotatable bonds is 4. The predicted octanol–water partition coefficient (Wildman–Crippen LogP) is 3.01. The lowest BCUT2D eigenvalue weighted by atomic mass is 9.98. The van der Waals surface area contributed by atoms with E-state index < -0.39 is 0 Å². The lowest BCUT2D eigenvalue weighted by Gasteiger charge is -2.35. The second-order valence-corrected chi connectivity index (χ2v) is 6.61. The van der Waals surface area contributed by atoms with Gasteiger partial charge in [-0.25, -0.2) is 0 Å². The van der Waals surface area contributed by atoms with E-state index in [1.807, 2.05) is 23.1 Å². The standard InChI is InChI=1S/C18H20N2O2S/c1-2-15-14-9-11-23-16(14)8-10-20(15)17(21)12-19-18(22)13-6-4-3-5-7-13/h3-7,9,11,15H,2,8,10,12H2,1H3,(H,19,22). The van der Waals surface area contributed by atoms with Gasteiger partial charge in [-0.05, 0) is 42.0 Å². The number of benzene rings is 1. The van der Waals surface area contributed by atoms with Gasteiger partial charge in [0, 0.05) is 17.0 Å². The van der Waals surface area contributed by atoms with E-state index in [9.17, 15) is 9.59 Å². The summed E-state index contributed by atoms with van der Waals surface area (Å²) >= 11 is 1.77. The Morgan fingerprint density at radius 1 is 1.26 bits per heavy atom. The molecule has 1 atom stereocenters. The highest BCUT2D eigenvalue weighted by Crippen LogP contribution is 2.35. The molecule has 0 spiro atoms. The third-order valence-corrected chi connectivity index (χ3v) is 5.23. The monoisotopic (exact) mass is 328 g/mol. The van der Waals surface area contributed by atoms with E-state index in [1.165, 1.54) is 10.4 Å². The first-order valence-electron chi connectivity index (χ1n) is 7.89. The molecule has 0 saturated carbocycles. The minimum absolute atomic E-state index is 0.0158. The van der Waals surface area contributed by atoms with Crippen LogP contribution >= 0.6 is 11.3 Å². The lowest BCUT2D eigenvalue weighted by molar-refractivity contribution is -0.133. The van der Waals surface area contributed by atoms with Crippen molar-refractivity contribution in [3.8, 4) is 0 Å². The van der Waals surface area contributed by atoms with E-state index in [2.05, 4.69) is 23.7 Å². The number of carbonyl (C=O) groups excluding carboxylic acids is 2. The third-order valence-electron chi connectivity index (χ3n) is 4.24. The zero-order chi connectivity index (χ0) is 16.2. The van der Waals surface area contributed by atoms with Crippen LogP contribution in [0.3, 0.4) is 0 Å². The summed E-state index contributed by atoms with van der Waals surface area (Å²) in [5.41, 5.74) is 1.84. The molecule has 1 aliphatic heterocycles. The van der Waals surface area contributed by atoms with Crippen LogP contribution in [0.5, 0.6) is 0 Å². The summed E-state index contributed by atoms with van der Waals surface area (Å²) in [6, 6.07) is 11.2. The summed E-state index contributed by atoms with van der Waals surface area (Å²) in [4.78, 5) is 27.9. The smallest absolute Gasteiger partial charge is 0.251 e. The van der Waals surface area contributed by atoms with E-state index in [-0.39, 0.29) is 24.4 Å². The first-order chi connectivity index (χ1) is 11.2. The molecule has 1 aromatic heterocycles. The molecule has 1 unspecified atom stereocenters. The van der Waals surface area contributed by atoms with Gasteiger partial charge in [0.2, 0.25) is 5.91 Å². The van der Waals surface area contributed by atoms with Crippen molar-refractivity contribution in [2.75, 3.05) is 13.1 Å². The second-order valence-electron chi connectivity index (χ2n) is 5.61. The van der Waals surface area contributed by atoms with Crippen molar-refractivity contribution in [2.24, 2.45) is 0 Å². The van der Waals surface area contributed by atoms with Crippen molar-refractivity contribution in [3.63, 3.8) is 0 Å². The average Bonchev–Trinajstić information content (AvgIpc) is 3.07. The van der Waals surface area contributed by atoms with Crippen LogP contribution in [0.4, 0.5) is 0 Å². The Morgan fingerprint density at radius 3 is 2.78 bits per heavy atom. The molecule has 2 heterocycles. The molecule has 3 rings (SSSR count). The van der Waals surface area contributed by atoms with Crippen molar-refractivity contribution in [1.82, 2.24) is 10.2 Å². The van der Waals surface area contributed by atoms with Crippen molar-refractivity contribution in [2.45, 2.75) is 25.8 Å². The van der Waals surface area contributed by atoms with Gasteiger partial charge in [0.05, 0.1) is 12.6 Å². The van der Waals surface area contributed by atoms with E-state index in [0.29, 0.717) is 5.56 Å². The Hall–Kier alpha value is -2.14. The van der Waals surface area contributed by atoms with Crippen LogP contribution in [0.25, 0.3) is 0 Å². The van der Waals surface area contributed by atoms with Gasteiger partial charge in [-0.15, -0.1) is 11.3 Å². The highest BCUT2D eigenvalue weighted by molar-refractivity contribution is 7.10. The Balaban J connectivity index is 1.63.